The number of nitrogens with zero attached hydrogens (tertiary/aromatic N) is 2. The smallest absolute Gasteiger partial charge is 0.251 e. The summed E-state index contributed by atoms with van der Waals surface area (Å²) >= 11 is 9.80. The van der Waals surface area contributed by atoms with Gasteiger partial charge in [0.1, 0.15) is 5.82 Å². The molecule has 1 amide bonds. The number of imidazole rings is 1. The molecule has 0 bridgehead atoms. The number of unbranched alkanes of at least 4 members (excludes halogenated alkanes) is 2. The van der Waals surface area contributed by atoms with Crippen LogP contribution in [0.15, 0.2) is 77.3 Å². The van der Waals surface area contributed by atoms with Gasteiger partial charge in [0.15, 0.2) is 0 Å². The Morgan fingerprint density at radius 2 is 1.69 bits per heavy atom. The third-order valence-corrected chi connectivity index (χ3v) is 6.39. The van der Waals surface area contributed by atoms with Gasteiger partial charge in [-0.1, -0.05) is 64.3 Å². The Morgan fingerprint density at radius 3 is 2.50 bits per heavy atom. The summed E-state index contributed by atoms with van der Waals surface area (Å²) in [6.45, 7) is 1.38. The van der Waals surface area contributed by atoms with Crippen molar-refractivity contribution in [3.63, 3.8) is 0 Å². The fraction of sp³-hybridized carbons (Fsp3) is 0.231. The Hall–Kier alpha value is -2.63. The number of aryl methyl sites for hydroxylation is 1. The summed E-state index contributed by atoms with van der Waals surface area (Å²) in [5, 5.41) is 3.77. The van der Waals surface area contributed by atoms with Crippen LogP contribution in [0.1, 0.15) is 41.0 Å². The second-order valence-corrected chi connectivity index (χ2v) is 9.09. The van der Waals surface area contributed by atoms with Crippen molar-refractivity contribution in [3.05, 3.63) is 99.2 Å². The van der Waals surface area contributed by atoms with Gasteiger partial charge in [-0.3, -0.25) is 4.79 Å². The number of benzene rings is 3. The second-order valence-electron chi connectivity index (χ2n) is 7.77. The standard InChI is InChI=1S/C26H25BrClN3O/c27-21-15-13-19(14-16-21)26(32)29-17-7-1-2-12-25-30-23-10-5-6-11-24(23)31(25)18-20-8-3-4-9-22(20)28/h3-6,8-11,13-16H,1-2,7,12,17-18H2,(H,29,32). The Bertz CT molecular complexity index is 1200. The molecule has 0 aliphatic carbocycles. The first-order valence-corrected chi connectivity index (χ1v) is 12.0. The molecule has 0 spiro atoms. The monoisotopic (exact) mass is 509 g/mol. The molecule has 0 aliphatic heterocycles. The Morgan fingerprint density at radius 1 is 0.938 bits per heavy atom. The molecule has 4 nitrogen and oxygen atoms in total. The number of para-hydroxylation sites is 2. The van der Waals surface area contributed by atoms with Crippen molar-refractivity contribution >= 4 is 44.5 Å². The van der Waals surface area contributed by atoms with E-state index in [1.54, 1.807) is 0 Å². The van der Waals surface area contributed by atoms with E-state index in [9.17, 15) is 4.79 Å². The van der Waals surface area contributed by atoms with Crippen molar-refractivity contribution in [2.75, 3.05) is 6.54 Å². The molecule has 1 aromatic heterocycles. The number of aromatic nitrogens is 2. The Balaban J connectivity index is 1.33. The second kappa shape index (κ2) is 10.8. The summed E-state index contributed by atoms with van der Waals surface area (Å²) in [7, 11) is 0. The highest BCUT2D eigenvalue weighted by Crippen LogP contribution is 2.22. The van der Waals surface area contributed by atoms with Crippen LogP contribution in [0.25, 0.3) is 11.0 Å². The van der Waals surface area contributed by atoms with Gasteiger partial charge < -0.3 is 9.88 Å². The van der Waals surface area contributed by atoms with Crippen molar-refractivity contribution in [2.45, 2.75) is 32.2 Å². The highest BCUT2D eigenvalue weighted by Gasteiger charge is 2.12. The molecular weight excluding hydrogens is 486 g/mol. The molecule has 3 aromatic carbocycles. The molecule has 164 valence electrons. The SMILES string of the molecule is O=C(NCCCCCc1nc2ccccc2n1Cc1ccccc1Cl)c1ccc(Br)cc1. The van der Waals surface area contributed by atoms with Crippen LogP contribution in [0.5, 0.6) is 0 Å². The average Bonchev–Trinajstić information content (AvgIpc) is 3.15. The van der Waals surface area contributed by atoms with Gasteiger partial charge in [0, 0.05) is 28.0 Å². The zero-order chi connectivity index (χ0) is 22.3. The molecule has 1 heterocycles. The predicted octanol–water partition coefficient (Wildman–Crippen LogP) is 6.64. The minimum atomic E-state index is -0.0287. The van der Waals surface area contributed by atoms with Crippen molar-refractivity contribution in [3.8, 4) is 0 Å². The van der Waals surface area contributed by atoms with E-state index in [1.807, 2.05) is 54.6 Å². The fourth-order valence-electron chi connectivity index (χ4n) is 3.78. The lowest BCUT2D eigenvalue weighted by Crippen LogP contribution is -2.24. The quantitative estimate of drug-likeness (QED) is 0.256. The summed E-state index contributed by atoms with van der Waals surface area (Å²) < 4.78 is 3.24. The first-order chi connectivity index (χ1) is 15.6. The van der Waals surface area contributed by atoms with Gasteiger partial charge in [-0.2, -0.15) is 0 Å². The van der Waals surface area contributed by atoms with E-state index in [0.717, 1.165) is 57.6 Å². The molecule has 0 aliphatic rings. The number of rotatable bonds is 9. The molecule has 4 aromatic rings. The van der Waals surface area contributed by atoms with E-state index in [-0.39, 0.29) is 5.91 Å². The van der Waals surface area contributed by atoms with Crippen LogP contribution in [-0.2, 0) is 13.0 Å². The molecule has 6 heteroatoms. The van der Waals surface area contributed by atoms with Crippen LogP contribution >= 0.6 is 27.5 Å². The van der Waals surface area contributed by atoms with E-state index >= 15 is 0 Å². The van der Waals surface area contributed by atoms with E-state index in [0.29, 0.717) is 18.7 Å². The Kier molecular flexibility index (Phi) is 7.61. The number of halogens is 2. The first-order valence-electron chi connectivity index (χ1n) is 10.8. The van der Waals surface area contributed by atoms with Gasteiger partial charge in [-0.25, -0.2) is 4.98 Å². The highest BCUT2D eigenvalue weighted by molar-refractivity contribution is 9.10. The van der Waals surface area contributed by atoms with Gasteiger partial charge in [-0.15, -0.1) is 0 Å². The lowest BCUT2D eigenvalue weighted by atomic mass is 10.1. The molecule has 0 unspecified atom stereocenters. The normalized spacial score (nSPS) is 11.1. The first kappa shape index (κ1) is 22.6. The van der Waals surface area contributed by atoms with Crippen LogP contribution < -0.4 is 5.32 Å². The van der Waals surface area contributed by atoms with Crippen molar-refractivity contribution in [2.24, 2.45) is 0 Å². The summed E-state index contributed by atoms with van der Waals surface area (Å²) in [4.78, 5) is 17.1. The lowest BCUT2D eigenvalue weighted by Gasteiger charge is -2.11. The highest BCUT2D eigenvalue weighted by atomic mass is 79.9. The molecule has 0 atom stereocenters. The topological polar surface area (TPSA) is 46.9 Å². The molecule has 32 heavy (non-hydrogen) atoms. The largest absolute Gasteiger partial charge is 0.352 e. The summed E-state index contributed by atoms with van der Waals surface area (Å²) in [5.41, 5.74) is 3.91. The van der Waals surface area contributed by atoms with Gasteiger partial charge in [0.25, 0.3) is 5.91 Å². The third kappa shape index (κ3) is 5.59. The number of hydrogen-bond acceptors (Lipinski definition) is 2. The van der Waals surface area contributed by atoms with Crippen LogP contribution in [0, 0.1) is 0 Å². The minimum Gasteiger partial charge on any atom is -0.352 e. The van der Waals surface area contributed by atoms with Crippen LogP contribution in [0.2, 0.25) is 5.02 Å². The minimum absolute atomic E-state index is 0.0287. The van der Waals surface area contributed by atoms with Crippen LogP contribution in [-0.4, -0.2) is 22.0 Å². The number of nitrogens with one attached hydrogen (secondary N) is 1. The maximum atomic E-state index is 12.2. The number of carbonyl (C=O) groups excluding carboxylic acids is 1. The molecule has 0 fully saturated rings. The van der Waals surface area contributed by atoms with E-state index < -0.39 is 0 Å². The van der Waals surface area contributed by atoms with Crippen LogP contribution in [0.3, 0.4) is 0 Å². The van der Waals surface area contributed by atoms with Crippen LogP contribution in [0.4, 0.5) is 0 Å². The van der Waals surface area contributed by atoms with Crippen molar-refractivity contribution in [1.82, 2.24) is 14.9 Å². The average molecular weight is 511 g/mol. The van der Waals surface area contributed by atoms with Gasteiger partial charge in [0.2, 0.25) is 0 Å². The number of fused-ring (bicyclic) bond motifs is 1. The third-order valence-electron chi connectivity index (χ3n) is 5.49. The molecule has 4 rings (SSSR count). The van der Waals surface area contributed by atoms with Crippen molar-refractivity contribution in [1.29, 1.82) is 0 Å². The molecule has 0 radical (unpaired) electrons. The number of carbonyl (C=O) groups is 1. The molecule has 1 N–H and O–H groups in total. The fourth-order valence-corrected chi connectivity index (χ4v) is 4.24. The summed E-state index contributed by atoms with van der Waals surface area (Å²) in [6.07, 6.45) is 3.86. The number of hydrogen-bond donors (Lipinski definition) is 1. The molecular formula is C26H25BrClN3O. The van der Waals surface area contributed by atoms with E-state index in [2.05, 4.69) is 44.0 Å². The maximum Gasteiger partial charge on any atom is 0.251 e. The zero-order valence-corrected chi connectivity index (χ0v) is 20.1. The van der Waals surface area contributed by atoms with E-state index in [1.165, 1.54) is 0 Å². The summed E-state index contributed by atoms with van der Waals surface area (Å²) in [6, 6.07) is 23.6. The van der Waals surface area contributed by atoms with Gasteiger partial charge in [-0.05, 0) is 60.9 Å². The molecule has 0 saturated carbocycles. The predicted molar refractivity (Wildman–Crippen MR) is 134 cm³/mol. The van der Waals surface area contributed by atoms with Gasteiger partial charge >= 0.3 is 0 Å². The lowest BCUT2D eigenvalue weighted by molar-refractivity contribution is 0.0953. The number of amides is 1. The maximum absolute atomic E-state index is 12.2. The summed E-state index contributed by atoms with van der Waals surface area (Å²) in [5.74, 6) is 1.05. The van der Waals surface area contributed by atoms with E-state index in [4.69, 9.17) is 16.6 Å². The zero-order valence-electron chi connectivity index (χ0n) is 17.7. The molecule has 0 saturated heterocycles. The Labute approximate surface area is 201 Å². The van der Waals surface area contributed by atoms with Crippen molar-refractivity contribution < 1.29 is 4.79 Å². The van der Waals surface area contributed by atoms with Gasteiger partial charge in [0.05, 0.1) is 17.6 Å².